The number of imidazole rings is 1. The second-order valence-electron chi connectivity index (χ2n) is 8.53. The number of aromatic nitrogens is 3. The topological polar surface area (TPSA) is 82.5 Å². The van der Waals surface area contributed by atoms with Gasteiger partial charge in [0.05, 0.1) is 40.6 Å². The van der Waals surface area contributed by atoms with E-state index in [4.69, 9.17) is 9.47 Å². The number of halogens is 3. The molecule has 0 aliphatic carbocycles. The molecule has 1 unspecified atom stereocenters. The molecule has 2 aromatic carbocycles. The summed E-state index contributed by atoms with van der Waals surface area (Å²) in [4.78, 5) is 9.14. The molecule has 1 saturated heterocycles. The van der Waals surface area contributed by atoms with E-state index in [-0.39, 0.29) is 11.9 Å². The van der Waals surface area contributed by atoms with Crippen LogP contribution in [0.2, 0.25) is 0 Å². The van der Waals surface area contributed by atoms with Crippen molar-refractivity contribution in [3.05, 3.63) is 42.0 Å². The number of thiazole rings is 1. The van der Waals surface area contributed by atoms with Gasteiger partial charge in [0.2, 0.25) is 5.95 Å². The quantitative estimate of drug-likeness (QED) is 0.281. The van der Waals surface area contributed by atoms with Crippen molar-refractivity contribution in [2.45, 2.75) is 31.9 Å². The first-order chi connectivity index (χ1) is 17.3. The number of rotatable bonds is 10. The van der Waals surface area contributed by atoms with Crippen LogP contribution in [-0.2, 0) is 23.1 Å². The van der Waals surface area contributed by atoms with Gasteiger partial charge < -0.3 is 29.4 Å². The third-order valence-corrected chi connectivity index (χ3v) is 6.77. The van der Waals surface area contributed by atoms with Crippen molar-refractivity contribution in [1.82, 2.24) is 19.9 Å². The largest absolute Gasteiger partial charge is 0.573 e. The van der Waals surface area contributed by atoms with Crippen LogP contribution in [0.25, 0.3) is 21.3 Å². The molecular formula is C24H26F3N5O3S. The molecule has 1 aliphatic rings. The first-order valence-corrected chi connectivity index (χ1v) is 12.4. The van der Waals surface area contributed by atoms with E-state index in [1.54, 1.807) is 0 Å². The molecule has 0 radical (unpaired) electrons. The van der Waals surface area contributed by atoms with Crippen molar-refractivity contribution < 1.29 is 27.4 Å². The summed E-state index contributed by atoms with van der Waals surface area (Å²) in [6.07, 6.45) is -2.31. The molecule has 2 aromatic heterocycles. The molecule has 5 rings (SSSR count). The Labute approximate surface area is 209 Å². The molecule has 1 fully saturated rings. The maximum Gasteiger partial charge on any atom is 0.573 e. The van der Waals surface area contributed by atoms with Crippen LogP contribution in [0.3, 0.4) is 0 Å². The van der Waals surface area contributed by atoms with Crippen molar-refractivity contribution in [3.63, 3.8) is 0 Å². The first kappa shape index (κ1) is 24.8. The van der Waals surface area contributed by atoms with Crippen LogP contribution in [-0.4, -0.2) is 53.4 Å². The van der Waals surface area contributed by atoms with E-state index in [1.807, 2.05) is 29.8 Å². The number of ether oxygens (including phenoxy) is 3. The minimum atomic E-state index is -4.74. The van der Waals surface area contributed by atoms with Gasteiger partial charge in [-0.1, -0.05) is 17.4 Å². The summed E-state index contributed by atoms with van der Waals surface area (Å²) in [7, 11) is 1.89. The fourth-order valence-electron chi connectivity index (χ4n) is 4.09. The highest BCUT2D eigenvalue weighted by molar-refractivity contribution is 7.22. The smallest absolute Gasteiger partial charge is 0.406 e. The highest BCUT2D eigenvalue weighted by atomic mass is 32.1. The van der Waals surface area contributed by atoms with Crippen molar-refractivity contribution >= 4 is 43.7 Å². The number of alkyl halides is 3. The zero-order valence-corrected chi connectivity index (χ0v) is 20.4. The Balaban J connectivity index is 1.19. The minimum Gasteiger partial charge on any atom is -0.406 e. The van der Waals surface area contributed by atoms with Crippen LogP contribution in [0, 0.1) is 0 Å². The fourth-order valence-corrected chi connectivity index (χ4v) is 4.97. The number of benzene rings is 2. The van der Waals surface area contributed by atoms with Crippen molar-refractivity contribution in [1.29, 1.82) is 0 Å². The lowest BCUT2D eigenvalue weighted by Crippen LogP contribution is -2.22. The molecule has 0 amide bonds. The predicted molar refractivity (Wildman–Crippen MR) is 132 cm³/mol. The zero-order chi connectivity index (χ0) is 25.1. The zero-order valence-electron chi connectivity index (χ0n) is 19.6. The summed E-state index contributed by atoms with van der Waals surface area (Å²) in [6.45, 7) is 3.55. The van der Waals surface area contributed by atoms with Crippen molar-refractivity contribution in [2.24, 2.45) is 7.05 Å². The Morgan fingerprint density at radius 1 is 1.17 bits per heavy atom. The maximum absolute atomic E-state index is 12.5. The molecular weight excluding hydrogens is 495 g/mol. The van der Waals surface area contributed by atoms with E-state index >= 15 is 0 Å². The summed E-state index contributed by atoms with van der Waals surface area (Å²) in [5.74, 6) is 0.312. The Morgan fingerprint density at radius 3 is 2.86 bits per heavy atom. The molecule has 1 aliphatic heterocycles. The molecule has 0 spiro atoms. The number of nitrogens with zero attached hydrogens (tertiary/aromatic N) is 3. The summed E-state index contributed by atoms with van der Waals surface area (Å²) in [5, 5.41) is 7.09. The van der Waals surface area contributed by atoms with Gasteiger partial charge in [0.1, 0.15) is 5.75 Å². The molecule has 0 bridgehead atoms. The predicted octanol–water partition coefficient (Wildman–Crippen LogP) is 5.11. The third kappa shape index (κ3) is 6.06. The molecule has 8 nitrogen and oxygen atoms in total. The lowest BCUT2D eigenvalue weighted by Gasteiger charge is -2.10. The minimum absolute atomic E-state index is 0.239. The van der Waals surface area contributed by atoms with Gasteiger partial charge in [-0.2, -0.15) is 0 Å². The summed E-state index contributed by atoms with van der Waals surface area (Å²) >= 11 is 1.23. The van der Waals surface area contributed by atoms with Gasteiger partial charge in [-0.3, -0.25) is 0 Å². The van der Waals surface area contributed by atoms with E-state index in [9.17, 15) is 13.2 Å². The Kier molecular flexibility index (Phi) is 7.28. The van der Waals surface area contributed by atoms with E-state index in [1.165, 1.54) is 29.5 Å². The van der Waals surface area contributed by atoms with E-state index in [2.05, 4.69) is 25.3 Å². The normalized spacial score (nSPS) is 16.3. The van der Waals surface area contributed by atoms with Crippen LogP contribution in [0.15, 0.2) is 36.4 Å². The van der Waals surface area contributed by atoms with E-state index in [0.29, 0.717) is 41.1 Å². The number of hydrogen-bond donors (Lipinski definition) is 2. The first-order valence-electron chi connectivity index (χ1n) is 11.6. The van der Waals surface area contributed by atoms with Gasteiger partial charge in [-0.25, -0.2) is 9.97 Å². The Bertz CT molecular complexity index is 1330. The fraction of sp³-hybridized carbons (Fsp3) is 0.417. The Morgan fingerprint density at radius 2 is 2.06 bits per heavy atom. The summed E-state index contributed by atoms with van der Waals surface area (Å²) in [5.41, 5.74) is 3.45. The number of hydrogen-bond acceptors (Lipinski definition) is 8. The molecule has 192 valence electrons. The van der Waals surface area contributed by atoms with Crippen molar-refractivity contribution in [3.8, 4) is 5.75 Å². The van der Waals surface area contributed by atoms with Crippen LogP contribution in [0.4, 0.5) is 24.3 Å². The van der Waals surface area contributed by atoms with Crippen LogP contribution >= 0.6 is 11.3 Å². The molecule has 0 saturated carbocycles. The standard InChI is InChI=1S/C24H26F3N5O3S/c1-32-20-7-4-15(13-28-8-10-33-14-17-3-2-9-34-17)11-19(20)29-22(32)31-23-30-18-6-5-16(12-21(18)36-23)35-24(25,26)27/h4-7,11-12,17,28H,2-3,8-10,13-14H2,1H3,(H,29,30,31). The van der Waals surface area contributed by atoms with Gasteiger partial charge in [0.25, 0.3) is 0 Å². The SMILES string of the molecule is Cn1c(Nc2nc3ccc(OC(F)(F)F)cc3s2)nc2cc(CNCCOCC3CCCO3)ccc21. The number of anilines is 2. The monoisotopic (exact) mass is 521 g/mol. The van der Waals surface area contributed by atoms with E-state index < -0.39 is 6.36 Å². The summed E-state index contributed by atoms with van der Waals surface area (Å²) in [6, 6.07) is 10.2. The van der Waals surface area contributed by atoms with Crippen molar-refractivity contribution in [2.75, 3.05) is 31.7 Å². The highest BCUT2D eigenvalue weighted by Gasteiger charge is 2.31. The van der Waals surface area contributed by atoms with Gasteiger partial charge >= 0.3 is 6.36 Å². The lowest BCUT2D eigenvalue weighted by atomic mass is 10.2. The molecule has 4 aromatic rings. The van der Waals surface area contributed by atoms with Crippen LogP contribution in [0.1, 0.15) is 18.4 Å². The van der Waals surface area contributed by atoms with E-state index in [0.717, 1.165) is 42.6 Å². The van der Waals surface area contributed by atoms with Crippen LogP contribution < -0.4 is 15.4 Å². The number of nitrogens with one attached hydrogen (secondary N) is 2. The molecule has 12 heteroatoms. The molecule has 3 heterocycles. The lowest BCUT2D eigenvalue weighted by molar-refractivity contribution is -0.274. The number of fused-ring (bicyclic) bond motifs is 2. The van der Waals surface area contributed by atoms with Gasteiger partial charge in [-0.05, 0) is 42.7 Å². The average molecular weight is 522 g/mol. The molecule has 1 atom stereocenters. The van der Waals surface area contributed by atoms with Gasteiger partial charge in [0.15, 0.2) is 5.13 Å². The number of aryl methyl sites for hydroxylation is 1. The second-order valence-corrected chi connectivity index (χ2v) is 9.56. The maximum atomic E-state index is 12.5. The van der Waals surface area contributed by atoms with Gasteiger partial charge in [0, 0.05) is 32.8 Å². The second kappa shape index (κ2) is 10.6. The summed E-state index contributed by atoms with van der Waals surface area (Å²) < 4.78 is 55.2. The van der Waals surface area contributed by atoms with Gasteiger partial charge in [-0.15, -0.1) is 13.2 Å². The molecule has 36 heavy (non-hydrogen) atoms. The molecule has 2 N–H and O–H groups in total. The Hall–Kier alpha value is -2.93. The van der Waals surface area contributed by atoms with Crippen LogP contribution in [0.5, 0.6) is 5.75 Å². The average Bonchev–Trinajstić information content (AvgIpc) is 3.55. The third-order valence-electron chi connectivity index (χ3n) is 5.84. The highest BCUT2D eigenvalue weighted by Crippen LogP contribution is 2.33.